The normalized spacial score (nSPS) is 10.5. The number of anilines is 2. The molecule has 0 unspecified atom stereocenters. The molecule has 0 saturated heterocycles. The van der Waals surface area contributed by atoms with Crippen molar-refractivity contribution in [2.45, 2.75) is 26.7 Å². The molecule has 0 heterocycles. The van der Waals surface area contributed by atoms with Gasteiger partial charge in [0.2, 0.25) is 5.91 Å². The molecule has 0 saturated carbocycles. The second kappa shape index (κ2) is 7.68. The van der Waals surface area contributed by atoms with Gasteiger partial charge in [-0.05, 0) is 42.2 Å². The van der Waals surface area contributed by atoms with Crippen LogP contribution in [0, 0.1) is 6.92 Å². The Kier molecular flexibility index (Phi) is 5.63. The molecule has 4 nitrogen and oxygen atoms in total. The standard InChI is InChI=1S/C19H24N2O2/c1-13(2)15-7-5-6-8-16(15)20-12-19(22)21-17-11-14(3)9-10-18(17)23-4/h5-11,13,20H,12H2,1-4H3,(H,21,22). The lowest BCUT2D eigenvalue weighted by atomic mass is 10.0. The fourth-order valence-electron chi connectivity index (χ4n) is 2.45. The van der Waals surface area contributed by atoms with E-state index in [1.807, 2.05) is 43.3 Å². The Bertz CT molecular complexity index is 681. The Balaban J connectivity index is 2.03. The molecule has 0 atom stereocenters. The molecule has 2 aromatic rings. The van der Waals surface area contributed by atoms with Crippen molar-refractivity contribution in [3.8, 4) is 5.75 Å². The fourth-order valence-corrected chi connectivity index (χ4v) is 2.45. The maximum absolute atomic E-state index is 12.2. The Morgan fingerprint density at radius 1 is 1.13 bits per heavy atom. The number of para-hydroxylation sites is 1. The summed E-state index contributed by atoms with van der Waals surface area (Å²) in [6.07, 6.45) is 0. The highest BCUT2D eigenvalue weighted by atomic mass is 16.5. The molecule has 23 heavy (non-hydrogen) atoms. The molecule has 0 fully saturated rings. The van der Waals surface area contributed by atoms with Crippen LogP contribution in [0.25, 0.3) is 0 Å². The average molecular weight is 312 g/mol. The smallest absolute Gasteiger partial charge is 0.243 e. The van der Waals surface area contributed by atoms with Gasteiger partial charge in [0, 0.05) is 5.69 Å². The predicted molar refractivity (Wildman–Crippen MR) is 95.4 cm³/mol. The summed E-state index contributed by atoms with van der Waals surface area (Å²) >= 11 is 0. The van der Waals surface area contributed by atoms with Gasteiger partial charge in [0.05, 0.1) is 19.3 Å². The van der Waals surface area contributed by atoms with E-state index in [0.29, 0.717) is 17.4 Å². The van der Waals surface area contributed by atoms with Gasteiger partial charge in [-0.1, -0.05) is 38.1 Å². The van der Waals surface area contributed by atoms with Crippen molar-refractivity contribution in [3.05, 3.63) is 53.6 Å². The van der Waals surface area contributed by atoms with E-state index >= 15 is 0 Å². The van der Waals surface area contributed by atoms with Crippen LogP contribution in [-0.2, 0) is 4.79 Å². The third kappa shape index (κ3) is 4.49. The number of hydrogen-bond donors (Lipinski definition) is 2. The van der Waals surface area contributed by atoms with Crippen LogP contribution in [-0.4, -0.2) is 19.6 Å². The highest BCUT2D eigenvalue weighted by Crippen LogP contribution is 2.26. The summed E-state index contributed by atoms with van der Waals surface area (Å²) in [5, 5.41) is 6.11. The molecule has 122 valence electrons. The first-order valence-corrected chi connectivity index (χ1v) is 7.78. The van der Waals surface area contributed by atoms with E-state index in [9.17, 15) is 4.79 Å². The molecule has 0 aromatic heterocycles. The molecule has 0 aliphatic rings. The summed E-state index contributed by atoms with van der Waals surface area (Å²) in [6.45, 7) is 6.46. The second-order valence-corrected chi connectivity index (χ2v) is 5.85. The zero-order valence-electron chi connectivity index (χ0n) is 14.1. The molecule has 1 amide bonds. The second-order valence-electron chi connectivity index (χ2n) is 5.85. The number of rotatable bonds is 6. The fraction of sp³-hybridized carbons (Fsp3) is 0.316. The number of ether oxygens (including phenoxy) is 1. The van der Waals surface area contributed by atoms with Crippen LogP contribution in [0.1, 0.15) is 30.9 Å². The van der Waals surface area contributed by atoms with Crippen molar-refractivity contribution in [1.29, 1.82) is 0 Å². The molecule has 0 aliphatic heterocycles. The molecule has 4 heteroatoms. The third-order valence-corrected chi connectivity index (χ3v) is 3.65. The van der Waals surface area contributed by atoms with Crippen molar-refractivity contribution in [2.24, 2.45) is 0 Å². The predicted octanol–water partition coefficient (Wildman–Crippen LogP) is 4.18. The van der Waals surface area contributed by atoms with Gasteiger partial charge < -0.3 is 15.4 Å². The summed E-state index contributed by atoms with van der Waals surface area (Å²) in [5.74, 6) is 0.956. The zero-order valence-corrected chi connectivity index (χ0v) is 14.1. The van der Waals surface area contributed by atoms with Gasteiger partial charge in [-0.3, -0.25) is 4.79 Å². The minimum absolute atomic E-state index is 0.104. The van der Waals surface area contributed by atoms with Gasteiger partial charge in [0.25, 0.3) is 0 Å². The minimum atomic E-state index is -0.104. The van der Waals surface area contributed by atoms with Crippen LogP contribution in [0.5, 0.6) is 5.75 Å². The first-order chi connectivity index (χ1) is 11.0. The number of hydrogen-bond acceptors (Lipinski definition) is 3. The molecule has 0 aliphatic carbocycles. The van der Waals surface area contributed by atoms with Gasteiger partial charge in [-0.25, -0.2) is 0 Å². The van der Waals surface area contributed by atoms with E-state index in [0.717, 1.165) is 11.3 Å². The Labute approximate surface area is 137 Å². The SMILES string of the molecule is COc1ccc(C)cc1NC(=O)CNc1ccccc1C(C)C. The average Bonchev–Trinajstić information content (AvgIpc) is 2.53. The maximum Gasteiger partial charge on any atom is 0.243 e. The van der Waals surface area contributed by atoms with Gasteiger partial charge in [0.1, 0.15) is 5.75 Å². The van der Waals surface area contributed by atoms with Crippen LogP contribution < -0.4 is 15.4 Å². The number of methoxy groups -OCH3 is 1. The van der Waals surface area contributed by atoms with Crippen molar-refractivity contribution in [2.75, 3.05) is 24.3 Å². The number of nitrogens with one attached hydrogen (secondary N) is 2. The summed E-state index contributed by atoms with van der Waals surface area (Å²) < 4.78 is 5.28. The van der Waals surface area contributed by atoms with Crippen molar-refractivity contribution < 1.29 is 9.53 Å². The van der Waals surface area contributed by atoms with Gasteiger partial charge in [0.15, 0.2) is 0 Å². The first kappa shape index (κ1) is 16.9. The molecular weight excluding hydrogens is 288 g/mol. The van der Waals surface area contributed by atoms with E-state index in [1.165, 1.54) is 5.56 Å². The Morgan fingerprint density at radius 3 is 2.57 bits per heavy atom. The summed E-state index contributed by atoms with van der Waals surface area (Å²) in [6, 6.07) is 13.8. The van der Waals surface area contributed by atoms with Crippen LogP contribution in [0.2, 0.25) is 0 Å². The van der Waals surface area contributed by atoms with Crippen molar-refractivity contribution >= 4 is 17.3 Å². The Morgan fingerprint density at radius 2 is 1.87 bits per heavy atom. The van der Waals surface area contributed by atoms with Gasteiger partial charge in [-0.15, -0.1) is 0 Å². The topological polar surface area (TPSA) is 50.4 Å². The van der Waals surface area contributed by atoms with E-state index in [-0.39, 0.29) is 12.5 Å². The highest BCUT2D eigenvalue weighted by molar-refractivity contribution is 5.95. The molecule has 2 rings (SSSR count). The number of carbonyl (C=O) groups is 1. The minimum Gasteiger partial charge on any atom is -0.495 e. The number of aryl methyl sites for hydroxylation is 1. The quantitative estimate of drug-likeness (QED) is 0.841. The molecule has 0 bridgehead atoms. The van der Waals surface area contributed by atoms with E-state index in [1.54, 1.807) is 7.11 Å². The monoisotopic (exact) mass is 312 g/mol. The molecular formula is C19H24N2O2. The van der Waals surface area contributed by atoms with Crippen molar-refractivity contribution in [1.82, 2.24) is 0 Å². The lowest BCUT2D eigenvalue weighted by Gasteiger charge is -2.15. The van der Waals surface area contributed by atoms with Gasteiger partial charge in [-0.2, -0.15) is 0 Å². The van der Waals surface area contributed by atoms with E-state index in [4.69, 9.17) is 4.74 Å². The summed E-state index contributed by atoms with van der Waals surface area (Å²) in [4.78, 5) is 12.2. The van der Waals surface area contributed by atoms with Crippen LogP contribution >= 0.6 is 0 Å². The van der Waals surface area contributed by atoms with Gasteiger partial charge >= 0.3 is 0 Å². The number of benzene rings is 2. The Hall–Kier alpha value is -2.49. The van der Waals surface area contributed by atoms with Crippen LogP contribution in [0.3, 0.4) is 0 Å². The van der Waals surface area contributed by atoms with E-state index < -0.39 is 0 Å². The van der Waals surface area contributed by atoms with Crippen molar-refractivity contribution in [3.63, 3.8) is 0 Å². The highest BCUT2D eigenvalue weighted by Gasteiger charge is 2.10. The molecule has 0 radical (unpaired) electrons. The zero-order chi connectivity index (χ0) is 16.8. The number of amides is 1. The molecule has 2 N–H and O–H groups in total. The summed E-state index contributed by atoms with van der Waals surface area (Å²) in [5.41, 5.74) is 3.96. The molecule has 0 spiro atoms. The number of carbonyl (C=O) groups excluding carboxylic acids is 1. The van der Waals surface area contributed by atoms with E-state index in [2.05, 4.69) is 30.5 Å². The lowest BCUT2D eigenvalue weighted by Crippen LogP contribution is -2.22. The first-order valence-electron chi connectivity index (χ1n) is 7.78. The molecule has 2 aromatic carbocycles. The summed E-state index contributed by atoms with van der Waals surface area (Å²) in [7, 11) is 1.59. The van der Waals surface area contributed by atoms with Crippen LogP contribution in [0.4, 0.5) is 11.4 Å². The third-order valence-electron chi connectivity index (χ3n) is 3.65. The maximum atomic E-state index is 12.2. The lowest BCUT2D eigenvalue weighted by molar-refractivity contribution is -0.114. The largest absolute Gasteiger partial charge is 0.495 e. The van der Waals surface area contributed by atoms with Crippen LogP contribution in [0.15, 0.2) is 42.5 Å².